The summed E-state index contributed by atoms with van der Waals surface area (Å²) in [4.78, 5) is 31.4. The van der Waals surface area contributed by atoms with Crippen molar-refractivity contribution in [2.75, 3.05) is 14.1 Å². The lowest BCUT2D eigenvalue weighted by molar-refractivity contribution is -0.142. The fraction of sp³-hybridized carbons (Fsp3) is 0.450. The first-order valence-corrected chi connectivity index (χ1v) is 8.55. The van der Waals surface area contributed by atoms with E-state index in [0.717, 1.165) is 11.4 Å². The smallest absolute Gasteiger partial charge is 0.316 e. The van der Waals surface area contributed by atoms with Gasteiger partial charge in [-0.3, -0.25) is 9.59 Å². The van der Waals surface area contributed by atoms with Gasteiger partial charge in [-0.05, 0) is 41.0 Å². The quantitative estimate of drug-likeness (QED) is 0.622. The van der Waals surface area contributed by atoms with Gasteiger partial charge in [-0.15, -0.1) is 6.58 Å². The Bertz CT molecular complexity index is 886. The molecule has 2 rings (SSSR count). The fourth-order valence-electron chi connectivity index (χ4n) is 2.53. The number of esters is 1. The molecule has 2 aromatic rings. The molecule has 0 N–H and O–H groups in total. The highest BCUT2D eigenvalue weighted by molar-refractivity contribution is 5.97. The van der Waals surface area contributed by atoms with E-state index in [1.807, 2.05) is 18.2 Å². The SMILES string of the molecule is C=CCc1c(C(=O)N(C)C)cn2c(C)c(C)nc2c1OC(=O)C(C)(C)C. The first-order chi connectivity index (χ1) is 12.0. The summed E-state index contributed by atoms with van der Waals surface area (Å²) in [5.74, 6) is -0.214. The minimum absolute atomic E-state index is 0.164. The summed E-state index contributed by atoms with van der Waals surface area (Å²) in [5, 5.41) is 0. The number of rotatable bonds is 4. The molecule has 6 nitrogen and oxygen atoms in total. The Morgan fingerprint density at radius 1 is 1.31 bits per heavy atom. The number of pyridine rings is 1. The van der Waals surface area contributed by atoms with E-state index in [1.165, 1.54) is 4.90 Å². The highest BCUT2D eigenvalue weighted by atomic mass is 16.5. The van der Waals surface area contributed by atoms with Gasteiger partial charge < -0.3 is 14.0 Å². The van der Waals surface area contributed by atoms with Crippen molar-refractivity contribution in [3.63, 3.8) is 0 Å². The summed E-state index contributed by atoms with van der Waals surface area (Å²) < 4.78 is 7.58. The van der Waals surface area contributed by atoms with E-state index < -0.39 is 5.41 Å². The van der Waals surface area contributed by atoms with E-state index in [-0.39, 0.29) is 11.9 Å². The Hall–Kier alpha value is -2.63. The van der Waals surface area contributed by atoms with Crippen molar-refractivity contribution in [1.29, 1.82) is 0 Å². The molecule has 0 atom stereocenters. The van der Waals surface area contributed by atoms with Crippen LogP contribution < -0.4 is 4.74 Å². The number of ether oxygens (including phenoxy) is 1. The molecule has 0 aromatic carbocycles. The summed E-state index contributed by atoms with van der Waals surface area (Å²) >= 11 is 0. The number of fused-ring (bicyclic) bond motifs is 1. The molecule has 0 bridgehead atoms. The highest BCUT2D eigenvalue weighted by Crippen LogP contribution is 2.32. The predicted molar refractivity (Wildman–Crippen MR) is 102 cm³/mol. The van der Waals surface area contributed by atoms with Crippen LogP contribution in [-0.4, -0.2) is 40.3 Å². The molecule has 0 spiro atoms. The van der Waals surface area contributed by atoms with Crippen LogP contribution in [0.15, 0.2) is 18.9 Å². The van der Waals surface area contributed by atoms with Crippen molar-refractivity contribution in [2.24, 2.45) is 5.41 Å². The van der Waals surface area contributed by atoms with Gasteiger partial charge in [0.05, 0.1) is 16.7 Å². The zero-order valence-corrected chi connectivity index (χ0v) is 16.6. The van der Waals surface area contributed by atoms with E-state index in [1.54, 1.807) is 47.1 Å². The van der Waals surface area contributed by atoms with Crippen LogP contribution in [0.4, 0.5) is 0 Å². The molecule has 26 heavy (non-hydrogen) atoms. The van der Waals surface area contributed by atoms with E-state index >= 15 is 0 Å². The lowest BCUT2D eigenvalue weighted by atomic mass is 9.97. The third-order valence-electron chi connectivity index (χ3n) is 4.24. The minimum Gasteiger partial charge on any atom is -0.422 e. The van der Waals surface area contributed by atoms with Crippen LogP contribution >= 0.6 is 0 Å². The summed E-state index contributed by atoms with van der Waals surface area (Å²) in [7, 11) is 3.38. The van der Waals surface area contributed by atoms with Crippen molar-refractivity contribution < 1.29 is 14.3 Å². The Kier molecular flexibility index (Phi) is 5.26. The van der Waals surface area contributed by atoms with E-state index in [2.05, 4.69) is 11.6 Å². The van der Waals surface area contributed by atoms with Crippen molar-refractivity contribution in [2.45, 2.75) is 41.0 Å². The second kappa shape index (κ2) is 6.94. The maximum absolute atomic E-state index is 12.8. The number of imidazole rings is 1. The monoisotopic (exact) mass is 357 g/mol. The molecule has 0 unspecified atom stereocenters. The van der Waals surface area contributed by atoms with Crippen LogP contribution in [0.3, 0.4) is 0 Å². The van der Waals surface area contributed by atoms with E-state index in [9.17, 15) is 9.59 Å². The van der Waals surface area contributed by atoms with Gasteiger partial charge in [0.25, 0.3) is 5.91 Å². The third-order valence-corrected chi connectivity index (χ3v) is 4.24. The van der Waals surface area contributed by atoms with E-state index in [4.69, 9.17) is 4.74 Å². The molecule has 0 aliphatic carbocycles. The first-order valence-electron chi connectivity index (χ1n) is 8.55. The fourth-order valence-corrected chi connectivity index (χ4v) is 2.53. The van der Waals surface area contributed by atoms with Gasteiger partial charge in [0, 0.05) is 31.5 Å². The Labute approximate surface area is 154 Å². The van der Waals surface area contributed by atoms with Gasteiger partial charge in [-0.25, -0.2) is 4.98 Å². The van der Waals surface area contributed by atoms with Crippen LogP contribution in [0, 0.1) is 19.3 Å². The predicted octanol–water partition coefficient (Wildman–Crippen LogP) is 3.33. The van der Waals surface area contributed by atoms with Crippen molar-refractivity contribution in [3.8, 4) is 5.75 Å². The Morgan fingerprint density at radius 2 is 1.92 bits per heavy atom. The van der Waals surface area contributed by atoms with Crippen LogP contribution in [0.1, 0.15) is 48.1 Å². The standard InChI is InChI=1S/C20H27N3O3/c1-9-10-14-15(18(24)22(7)8)11-23-13(3)12(2)21-17(23)16(14)26-19(25)20(4,5)6/h9,11H,1,10H2,2-8H3. The zero-order valence-electron chi connectivity index (χ0n) is 16.6. The maximum Gasteiger partial charge on any atom is 0.316 e. The number of hydrogen-bond donors (Lipinski definition) is 0. The number of aromatic nitrogens is 2. The zero-order chi connectivity index (χ0) is 19.8. The molecule has 0 saturated carbocycles. The van der Waals surface area contributed by atoms with Crippen LogP contribution in [0.2, 0.25) is 0 Å². The average molecular weight is 357 g/mol. The minimum atomic E-state index is -0.680. The van der Waals surface area contributed by atoms with Crippen LogP contribution in [0.25, 0.3) is 5.65 Å². The van der Waals surface area contributed by atoms with Gasteiger partial charge in [0.15, 0.2) is 11.4 Å². The molecule has 140 valence electrons. The van der Waals surface area contributed by atoms with Gasteiger partial charge in [-0.1, -0.05) is 6.08 Å². The number of carbonyl (C=O) groups is 2. The number of amides is 1. The highest BCUT2D eigenvalue weighted by Gasteiger charge is 2.29. The van der Waals surface area contributed by atoms with E-state index in [0.29, 0.717) is 28.9 Å². The molecule has 2 heterocycles. The second-order valence-corrected chi connectivity index (χ2v) is 7.66. The van der Waals surface area contributed by atoms with Crippen molar-refractivity contribution in [3.05, 3.63) is 41.4 Å². The second-order valence-electron chi connectivity index (χ2n) is 7.66. The topological polar surface area (TPSA) is 63.9 Å². The lowest BCUT2D eigenvalue weighted by Crippen LogP contribution is -2.28. The molecule has 0 fully saturated rings. The largest absolute Gasteiger partial charge is 0.422 e. The molecule has 0 radical (unpaired) electrons. The lowest BCUT2D eigenvalue weighted by Gasteiger charge is -2.21. The van der Waals surface area contributed by atoms with Crippen molar-refractivity contribution in [1.82, 2.24) is 14.3 Å². The maximum atomic E-state index is 12.8. The Balaban J connectivity index is 2.85. The molecular weight excluding hydrogens is 330 g/mol. The molecule has 2 aromatic heterocycles. The van der Waals surface area contributed by atoms with Crippen LogP contribution in [0.5, 0.6) is 5.75 Å². The number of carbonyl (C=O) groups excluding carboxylic acids is 2. The number of aryl methyl sites for hydroxylation is 2. The third kappa shape index (κ3) is 3.49. The average Bonchev–Trinajstić information content (AvgIpc) is 2.82. The summed E-state index contributed by atoms with van der Waals surface area (Å²) in [6, 6.07) is 0. The van der Waals surface area contributed by atoms with Gasteiger partial charge in [0.1, 0.15) is 0 Å². The Morgan fingerprint density at radius 3 is 2.42 bits per heavy atom. The summed E-state index contributed by atoms with van der Waals surface area (Å²) in [6.45, 7) is 13.0. The molecule has 6 heteroatoms. The molecule has 0 saturated heterocycles. The number of allylic oxidation sites excluding steroid dienone is 1. The molecule has 0 aliphatic rings. The first kappa shape index (κ1) is 19.7. The van der Waals surface area contributed by atoms with Crippen molar-refractivity contribution >= 4 is 17.5 Å². The van der Waals surface area contributed by atoms with Gasteiger partial charge >= 0.3 is 5.97 Å². The van der Waals surface area contributed by atoms with Gasteiger partial charge in [-0.2, -0.15) is 0 Å². The number of nitrogens with zero attached hydrogens (tertiary/aromatic N) is 3. The summed E-state index contributed by atoms with van der Waals surface area (Å²) in [5.41, 5.74) is 2.65. The molecule has 0 aliphatic heterocycles. The molecular formula is C20H27N3O3. The normalized spacial score (nSPS) is 11.5. The van der Waals surface area contributed by atoms with Gasteiger partial charge in [0.2, 0.25) is 0 Å². The molecule has 1 amide bonds. The number of hydrogen-bond acceptors (Lipinski definition) is 4. The summed E-state index contributed by atoms with van der Waals surface area (Å²) in [6.07, 6.45) is 3.85. The van der Waals surface area contributed by atoms with Crippen LogP contribution in [-0.2, 0) is 11.2 Å².